The molecule has 2 atom stereocenters. The zero-order valence-corrected chi connectivity index (χ0v) is 11.4. The van der Waals surface area contributed by atoms with Gasteiger partial charge in [-0.2, -0.15) is 0 Å². The monoisotopic (exact) mass is 264 g/mol. The first-order valence-corrected chi connectivity index (χ1v) is 6.74. The van der Waals surface area contributed by atoms with Crippen molar-refractivity contribution in [3.63, 3.8) is 0 Å². The van der Waals surface area contributed by atoms with E-state index in [9.17, 15) is 9.18 Å². The number of hydrogen-bond donors (Lipinski definition) is 2. The lowest BCUT2D eigenvalue weighted by Crippen LogP contribution is -2.41. The third-order valence-corrected chi connectivity index (χ3v) is 4.11. The number of carbonyl (C=O) groups excluding carboxylic acids is 1. The number of nitrogens with one attached hydrogen (secondary N) is 1. The van der Waals surface area contributed by atoms with Crippen LogP contribution >= 0.6 is 0 Å². The number of carbonyl (C=O) groups is 1. The molecule has 0 radical (unpaired) electrons. The average Bonchev–Trinajstić information content (AvgIpc) is 3.17. The lowest BCUT2D eigenvalue weighted by atomic mass is 9.95. The van der Waals surface area contributed by atoms with E-state index in [0.29, 0.717) is 6.54 Å². The molecule has 0 spiro atoms. The molecule has 1 fully saturated rings. The molecule has 0 bridgehead atoms. The molecule has 19 heavy (non-hydrogen) atoms. The van der Waals surface area contributed by atoms with Crippen molar-refractivity contribution in [3.8, 4) is 0 Å². The highest BCUT2D eigenvalue weighted by Crippen LogP contribution is 2.47. The Hall–Kier alpha value is -1.42. The number of nitrogens with two attached hydrogens (primary N) is 1. The summed E-state index contributed by atoms with van der Waals surface area (Å²) in [6.45, 7) is 4.27. The highest BCUT2D eigenvalue weighted by Gasteiger charge is 2.44. The quantitative estimate of drug-likeness (QED) is 0.854. The SMILES string of the molecule is CC(N)C(C)C(=O)NCC1(c2ccc(F)cc2)CC1. The molecule has 0 heterocycles. The zero-order valence-electron chi connectivity index (χ0n) is 11.4. The van der Waals surface area contributed by atoms with Crippen LogP contribution in [0.3, 0.4) is 0 Å². The highest BCUT2D eigenvalue weighted by molar-refractivity contribution is 5.79. The minimum atomic E-state index is -0.228. The van der Waals surface area contributed by atoms with E-state index in [0.717, 1.165) is 18.4 Å². The Bertz CT molecular complexity index is 452. The van der Waals surface area contributed by atoms with Gasteiger partial charge in [-0.1, -0.05) is 19.1 Å². The molecule has 3 nitrogen and oxygen atoms in total. The maximum absolute atomic E-state index is 12.9. The van der Waals surface area contributed by atoms with Crippen molar-refractivity contribution in [2.24, 2.45) is 11.7 Å². The molecular formula is C15H21FN2O. The molecule has 1 aliphatic carbocycles. The van der Waals surface area contributed by atoms with Gasteiger partial charge in [-0.3, -0.25) is 4.79 Å². The molecular weight excluding hydrogens is 243 g/mol. The van der Waals surface area contributed by atoms with Gasteiger partial charge in [-0.25, -0.2) is 4.39 Å². The predicted octanol–water partition coefficient (Wildman–Crippen LogP) is 1.96. The second kappa shape index (κ2) is 5.29. The number of benzene rings is 1. The van der Waals surface area contributed by atoms with E-state index in [2.05, 4.69) is 5.32 Å². The van der Waals surface area contributed by atoms with E-state index >= 15 is 0 Å². The van der Waals surface area contributed by atoms with Gasteiger partial charge in [-0.05, 0) is 37.5 Å². The first-order valence-electron chi connectivity index (χ1n) is 6.74. The average molecular weight is 264 g/mol. The molecule has 0 saturated heterocycles. The molecule has 1 aliphatic rings. The zero-order chi connectivity index (χ0) is 14.0. The fourth-order valence-electron chi connectivity index (χ4n) is 2.18. The van der Waals surface area contributed by atoms with Crippen molar-refractivity contribution in [3.05, 3.63) is 35.6 Å². The normalized spacial score (nSPS) is 19.6. The maximum Gasteiger partial charge on any atom is 0.224 e. The van der Waals surface area contributed by atoms with Gasteiger partial charge in [0.1, 0.15) is 5.82 Å². The molecule has 0 aliphatic heterocycles. The molecule has 4 heteroatoms. The Morgan fingerprint density at radius 2 is 1.95 bits per heavy atom. The van der Waals surface area contributed by atoms with Crippen LogP contribution in [0.5, 0.6) is 0 Å². The minimum Gasteiger partial charge on any atom is -0.355 e. The summed E-state index contributed by atoms with van der Waals surface area (Å²) in [5.74, 6) is -0.429. The Morgan fingerprint density at radius 1 is 1.37 bits per heavy atom. The van der Waals surface area contributed by atoms with Gasteiger partial charge in [0.15, 0.2) is 0 Å². The summed E-state index contributed by atoms with van der Waals surface area (Å²) in [6, 6.07) is 6.41. The van der Waals surface area contributed by atoms with E-state index in [1.54, 1.807) is 0 Å². The van der Waals surface area contributed by atoms with E-state index in [4.69, 9.17) is 5.73 Å². The van der Waals surface area contributed by atoms with Crippen LogP contribution < -0.4 is 11.1 Å². The van der Waals surface area contributed by atoms with Crippen LogP contribution in [0.1, 0.15) is 32.3 Å². The maximum atomic E-state index is 12.9. The summed E-state index contributed by atoms with van der Waals surface area (Å²) < 4.78 is 12.9. The summed E-state index contributed by atoms with van der Waals surface area (Å²) in [6.07, 6.45) is 2.07. The number of rotatable bonds is 5. The Labute approximate surface area is 113 Å². The Kier molecular flexibility index (Phi) is 3.90. The first kappa shape index (κ1) is 14.0. The largest absolute Gasteiger partial charge is 0.355 e. The summed E-state index contributed by atoms with van der Waals surface area (Å²) in [7, 11) is 0. The number of halogens is 1. The second-order valence-electron chi connectivity index (χ2n) is 5.65. The van der Waals surface area contributed by atoms with Gasteiger partial charge in [0.05, 0.1) is 0 Å². The number of hydrogen-bond acceptors (Lipinski definition) is 2. The van der Waals surface area contributed by atoms with Crippen LogP contribution in [0.2, 0.25) is 0 Å². The van der Waals surface area contributed by atoms with Crippen LogP contribution in [-0.2, 0) is 10.2 Å². The van der Waals surface area contributed by atoms with Gasteiger partial charge in [-0.15, -0.1) is 0 Å². The van der Waals surface area contributed by atoms with Crippen molar-refractivity contribution in [2.75, 3.05) is 6.54 Å². The molecule has 1 saturated carbocycles. The summed E-state index contributed by atoms with van der Waals surface area (Å²) in [5, 5.41) is 2.97. The van der Waals surface area contributed by atoms with Gasteiger partial charge in [0.2, 0.25) is 5.91 Å². The standard InChI is InChI=1S/C15H21FN2O/c1-10(11(2)17)14(19)18-9-15(7-8-15)12-3-5-13(16)6-4-12/h3-6,10-11H,7-9,17H2,1-2H3,(H,18,19). The van der Waals surface area contributed by atoms with Crippen LogP contribution in [0, 0.1) is 11.7 Å². The highest BCUT2D eigenvalue weighted by atomic mass is 19.1. The first-order chi connectivity index (χ1) is 8.94. The van der Waals surface area contributed by atoms with Crippen molar-refractivity contribution in [1.29, 1.82) is 0 Å². The van der Waals surface area contributed by atoms with Crippen molar-refractivity contribution >= 4 is 5.91 Å². The second-order valence-corrected chi connectivity index (χ2v) is 5.65. The lowest BCUT2D eigenvalue weighted by Gasteiger charge is -2.20. The fraction of sp³-hybridized carbons (Fsp3) is 0.533. The van der Waals surface area contributed by atoms with Gasteiger partial charge < -0.3 is 11.1 Å². The molecule has 1 aromatic carbocycles. The third kappa shape index (κ3) is 3.13. The summed E-state index contributed by atoms with van der Waals surface area (Å²) in [5.41, 5.74) is 6.82. The van der Waals surface area contributed by atoms with E-state index in [-0.39, 0.29) is 29.1 Å². The molecule has 3 N–H and O–H groups in total. The smallest absolute Gasteiger partial charge is 0.224 e. The molecule has 1 aromatic rings. The van der Waals surface area contributed by atoms with E-state index < -0.39 is 0 Å². The van der Waals surface area contributed by atoms with Gasteiger partial charge >= 0.3 is 0 Å². The van der Waals surface area contributed by atoms with Gasteiger partial charge in [0, 0.05) is 23.9 Å². The van der Waals surface area contributed by atoms with E-state index in [1.807, 2.05) is 26.0 Å². The van der Waals surface area contributed by atoms with Crippen LogP contribution in [0.4, 0.5) is 4.39 Å². The summed E-state index contributed by atoms with van der Waals surface area (Å²) in [4.78, 5) is 11.9. The fourth-order valence-corrected chi connectivity index (χ4v) is 2.18. The predicted molar refractivity (Wildman–Crippen MR) is 73.1 cm³/mol. The Morgan fingerprint density at radius 3 is 2.42 bits per heavy atom. The van der Waals surface area contributed by atoms with Crippen LogP contribution in [0.15, 0.2) is 24.3 Å². The van der Waals surface area contributed by atoms with Crippen molar-refractivity contribution in [2.45, 2.75) is 38.1 Å². The lowest BCUT2D eigenvalue weighted by molar-refractivity contribution is -0.125. The van der Waals surface area contributed by atoms with Crippen LogP contribution in [-0.4, -0.2) is 18.5 Å². The van der Waals surface area contributed by atoms with Crippen molar-refractivity contribution < 1.29 is 9.18 Å². The van der Waals surface area contributed by atoms with E-state index in [1.165, 1.54) is 12.1 Å². The topological polar surface area (TPSA) is 55.1 Å². The molecule has 0 aromatic heterocycles. The third-order valence-electron chi connectivity index (χ3n) is 4.11. The van der Waals surface area contributed by atoms with Crippen molar-refractivity contribution in [1.82, 2.24) is 5.32 Å². The molecule has 1 amide bonds. The van der Waals surface area contributed by atoms with Crippen LogP contribution in [0.25, 0.3) is 0 Å². The minimum absolute atomic E-state index is 0.000909. The molecule has 104 valence electrons. The van der Waals surface area contributed by atoms with Gasteiger partial charge in [0.25, 0.3) is 0 Å². The molecule has 2 unspecified atom stereocenters. The molecule has 2 rings (SSSR count). The summed E-state index contributed by atoms with van der Waals surface area (Å²) >= 11 is 0. The number of amides is 1. The Balaban J connectivity index is 1.96.